The van der Waals surface area contributed by atoms with E-state index in [9.17, 15) is 9.90 Å². The average Bonchev–Trinajstić information content (AvgIpc) is 3.33. The Morgan fingerprint density at radius 3 is 2.51 bits per heavy atom. The van der Waals surface area contributed by atoms with Crippen molar-refractivity contribution in [2.75, 3.05) is 19.6 Å². The highest BCUT2D eigenvalue weighted by atomic mass is 16.4. The maximum atomic E-state index is 11.5. The van der Waals surface area contributed by atoms with E-state index in [1.54, 1.807) is 6.33 Å². The first-order valence-electron chi connectivity index (χ1n) is 12.7. The number of carboxylic acid groups (broad SMARTS) is 1. The molecule has 2 aromatic carbocycles. The van der Waals surface area contributed by atoms with Crippen molar-refractivity contribution in [3.05, 3.63) is 89.0 Å². The van der Waals surface area contributed by atoms with Crippen LogP contribution in [-0.4, -0.2) is 50.0 Å². The first-order valence-corrected chi connectivity index (χ1v) is 12.7. The molecule has 0 spiro atoms. The second-order valence-corrected chi connectivity index (χ2v) is 10.0. The van der Waals surface area contributed by atoms with Crippen LogP contribution < -0.4 is 6.15 Å². The molecule has 6 rings (SSSR count). The van der Waals surface area contributed by atoms with Crippen LogP contribution in [0.3, 0.4) is 0 Å². The lowest BCUT2D eigenvalue weighted by Crippen LogP contribution is -2.34. The van der Waals surface area contributed by atoms with Crippen LogP contribution in [0.2, 0.25) is 0 Å². The Morgan fingerprint density at radius 2 is 1.73 bits per heavy atom. The fraction of sp³-hybridized carbons (Fsp3) is 0.300. The smallest absolute Gasteiger partial charge is 0.356 e. The molecule has 0 atom stereocenters. The number of rotatable bonds is 5. The van der Waals surface area contributed by atoms with Crippen molar-refractivity contribution in [1.29, 1.82) is 0 Å². The summed E-state index contributed by atoms with van der Waals surface area (Å²) in [6.07, 6.45) is 4.91. The maximum Gasteiger partial charge on any atom is 0.356 e. The van der Waals surface area contributed by atoms with Gasteiger partial charge in [-0.05, 0) is 93.1 Å². The van der Waals surface area contributed by atoms with Gasteiger partial charge < -0.3 is 16.2 Å². The Labute approximate surface area is 216 Å². The molecule has 0 bridgehead atoms. The molecule has 1 aliphatic rings. The van der Waals surface area contributed by atoms with Gasteiger partial charge in [-0.1, -0.05) is 30.3 Å². The standard InChI is InChI=1S/C30H30N4O2.H3N/c1-19-6-10-27-25(9-11-28-29(30(35)36)31-18-34(27)28)22(19)14-17-33-15-12-21(13-16-33)23-4-3-5-26-24(23)8-7-20(2)32-26;/h3-11,18,21H,12-17H2,1-2H3,(H,35,36);1H3. The fourth-order valence-electron chi connectivity index (χ4n) is 5.90. The first-order chi connectivity index (χ1) is 17.5. The number of aromatic carboxylic acids is 1. The van der Waals surface area contributed by atoms with Crippen LogP contribution in [-0.2, 0) is 6.42 Å². The normalized spacial score (nSPS) is 14.9. The number of carbonyl (C=O) groups is 1. The Morgan fingerprint density at radius 1 is 0.973 bits per heavy atom. The lowest BCUT2D eigenvalue weighted by Gasteiger charge is -2.33. The zero-order valence-corrected chi connectivity index (χ0v) is 21.4. The monoisotopic (exact) mass is 495 g/mol. The van der Waals surface area contributed by atoms with Gasteiger partial charge in [0, 0.05) is 23.0 Å². The van der Waals surface area contributed by atoms with E-state index in [1.807, 2.05) is 17.4 Å². The molecule has 0 aliphatic carbocycles. The van der Waals surface area contributed by atoms with Crippen molar-refractivity contribution in [3.8, 4) is 0 Å². The molecule has 0 radical (unpaired) electrons. The van der Waals surface area contributed by atoms with E-state index in [4.69, 9.17) is 4.98 Å². The van der Waals surface area contributed by atoms with Gasteiger partial charge in [-0.25, -0.2) is 9.78 Å². The second-order valence-electron chi connectivity index (χ2n) is 10.0. The number of hydrogen-bond acceptors (Lipinski definition) is 5. The van der Waals surface area contributed by atoms with Gasteiger partial charge in [0.05, 0.1) is 16.6 Å². The second kappa shape index (κ2) is 9.92. The minimum absolute atomic E-state index is 0. The van der Waals surface area contributed by atoms with Gasteiger partial charge in [-0.15, -0.1) is 0 Å². The Bertz CT molecular complexity index is 1620. The van der Waals surface area contributed by atoms with E-state index >= 15 is 0 Å². The molecule has 1 saturated heterocycles. The zero-order valence-electron chi connectivity index (χ0n) is 21.4. The highest BCUT2D eigenvalue weighted by molar-refractivity contribution is 5.96. The third kappa shape index (κ3) is 4.45. The van der Waals surface area contributed by atoms with Crippen LogP contribution in [0.25, 0.3) is 27.3 Å². The van der Waals surface area contributed by atoms with Crippen LogP contribution in [0.15, 0.2) is 60.9 Å². The van der Waals surface area contributed by atoms with Gasteiger partial charge >= 0.3 is 5.97 Å². The number of aromatic nitrogens is 3. The third-order valence-corrected chi connectivity index (χ3v) is 7.85. The molecule has 1 aliphatic heterocycles. The lowest BCUT2D eigenvalue weighted by molar-refractivity contribution is 0.0693. The number of imidazole rings is 1. The van der Waals surface area contributed by atoms with Crippen LogP contribution in [0, 0.1) is 13.8 Å². The van der Waals surface area contributed by atoms with Gasteiger partial charge in [0.1, 0.15) is 6.33 Å². The quantitative estimate of drug-likeness (QED) is 0.313. The van der Waals surface area contributed by atoms with E-state index in [0.29, 0.717) is 11.4 Å². The number of hydrogen-bond donors (Lipinski definition) is 2. The zero-order chi connectivity index (χ0) is 24.8. The molecule has 0 unspecified atom stereocenters. The first kappa shape index (κ1) is 24.9. The molecule has 7 nitrogen and oxygen atoms in total. The summed E-state index contributed by atoms with van der Waals surface area (Å²) in [5.74, 6) is -0.422. The Hall–Kier alpha value is -3.81. The number of pyridine rings is 2. The number of aryl methyl sites for hydroxylation is 2. The summed E-state index contributed by atoms with van der Waals surface area (Å²) in [5, 5.41) is 11.9. The van der Waals surface area contributed by atoms with Crippen LogP contribution in [0.1, 0.15) is 51.6 Å². The minimum Gasteiger partial charge on any atom is -0.476 e. The van der Waals surface area contributed by atoms with Gasteiger partial charge in [0.15, 0.2) is 5.69 Å². The molecule has 5 aromatic rings. The van der Waals surface area contributed by atoms with Gasteiger partial charge in [0.2, 0.25) is 0 Å². The number of likely N-dealkylation sites (tertiary alicyclic amines) is 1. The summed E-state index contributed by atoms with van der Waals surface area (Å²) in [5.41, 5.74) is 7.94. The van der Waals surface area contributed by atoms with Crippen molar-refractivity contribution in [2.45, 2.75) is 39.0 Å². The number of nitrogens with zero attached hydrogens (tertiary/aromatic N) is 4. The number of benzene rings is 2. The summed E-state index contributed by atoms with van der Waals surface area (Å²) in [6, 6.07) is 19.1. The largest absolute Gasteiger partial charge is 0.476 e. The minimum atomic E-state index is -0.998. The van der Waals surface area contributed by atoms with Crippen molar-refractivity contribution >= 4 is 33.3 Å². The summed E-state index contributed by atoms with van der Waals surface area (Å²) in [6.45, 7) is 7.42. The van der Waals surface area contributed by atoms with E-state index in [-0.39, 0.29) is 11.8 Å². The summed E-state index contributed by atoms with van der Waals surface area (Å²) in [7, 11) is 0. The Balaban J connectivity index is 0.00000280. The predicted molar refractivity (Wildman–Crippen MR) is 148 cm³/mol. The van der Waals surface area contributed by atoms with E-state index in [2.05, 4.69) is 65.3 Å². The van der Waals surface area contributed by atoms with E-state index < -0.39 is 5.97 Å². The fourth-order valence-corrected chi connectivity index (χ4v) is 5.90. The highest BCUT2D eigenvalue weighted by Crippen LogP contribution is 2.33. The number of carboxylic acids is 1. The molecule has 190 valence electrons. The molecular formula is C30H33N5O2. The molecule has 3 aromatic heterocycles. The summed E-state index contributed by atoms with van der Waals surface area (Å²) >= 11 is 0. The van der Waals surface area contributed by atoms with E-state index in [1.165, 1.54) is 27.5 Å². The van der Waals surface area contributed by atoms with Crippen molar-refractivity contribution in [2.24, 2.45) is 0 Å². The summed E-state index contributed by atoms with van der Waals surface area (Å²) in [4.78, 5) is 23.0. The van der Waals surface area contributed by atoms with Gasteiger partial charge in [-0.3, -0.25) is 9.38 Å². The van der Waals surface area contributed by atoms with E-state index in [0.717, 1.165) is 55.6 Å². The lowest BCUT2D eigenvalue weighted by atomic mass is 9.87. The summed E-state index contributed by atoms with van der Waals surface area (Å²) < 4.78 is 1.90. The third-order valence-electron chi connectivity index (χ3n) is 7.85. The van der Waals surface area contributed by atoms with Crippen LogP contribution >= 0.6 is 0 Å². The Kier molecular flexibility index (Phi) is 6.67. The molecule has 4 N–H and O–H groups in total. The van der Waals surface area contributed by atoms with Crippen LogP contribution in [0.5, 0.6) is 0 Å². The number of piperidine rings is 1. The molecule has 37 heavy (non-hydrogen) atoms. The van der Waals surface area contributed by atoms with Gasteiger partial charge in [0.25, 0.3) is 0 Å². The molecule has 7 heteroatoms. The highest BCUT2D eigenvalue weighted by Gasteiger charge is 2.23. The topological polar surface area (TPSA) is 106 Å². The molecule has 0 amide bonds. The van der Waals surface area contributed by atoms with Crippen molar-refractivity contribution in [3.63, 3.8) is 0 Å². The van der Waals surface area contributed by atoms with Crippen molar-refractivity contribution in [1.82, 2.24) is 25.4 Å². The average molecular weight is 496 g/mol. The predicted octanol–water partition coefficient (Wildman–Crippen LogP) is 5.93. The molecule has 0 saturated carbocycles. The van der Waals surface area contributed by atoms with Crippen LogP contribution in [0.4, 0.5) is 0 Å². The SMILES string of the molecule is Cc1ccc2c(C3CCN(CCc4c(C)ccc5c4ccc4c(C(=O)O)ncn45)CC3)cccc2n1.N. The van der Waals surface area contributed by atoms with Gasteiger partial charge in [-0.2, -0.15) is 0 Å². The molecule has 1 fully saturated rings. The maximum absolute atomic E-state index is 11.5. The molecule has 4 heterocycles. The molecular weight excluding hydrogens is 462 g/mol. The van der Waals surface area contributed by atoms with Crippen molar-refractivity contribution < 1.29 is 9.90 Å². The number of fused-ring (bicyclic) bond motifs is 4.